The molecule has 4 aromatic rings. The lowest BCUT2D eigenvalue weighted by Crippen LogP contribution is -2.47. The fourth-order valence-electron chi connectivity index (χ4n) is 5.51. The first-order valence-corrected chi connectivity index (χ1v) is 16.9. The van der Waals surface area contributed by atoms with Crippen molar-refractivity contribution in [3.05, 3.63) is 66.5 Å². The van der Waals surface area contributed by atoms with Gasteiger partial charge in [0.15, 0.2) is 0 Å². The van der Waals surface area contributed by atoms with E-state index in [0.717, 1.165) is 30.2 Å². The summed E-state index contributed by atoms with van der Waals surface area (Å²) in [5, 5.41) is 4.85. The highest BCUT2D eigenvalue weighted by Gasteiger charge is 2.29. The minimum atomic E-state index is -3.64. The van der Waals surface area contributed by atoms with Crippen molar-refractivity contribution >= 4 is 38.7 Å². The minimum Gasteiger partial charge on any atom is -0.444 e. The third-order valence-electron chi connectivity index (χ3n) is 7.91. The highest BCUT2D eigenvalue weighted by Crippen LogP contribution is 2.39. The molecule has 1 atom stereocenters. The van der Waals surface area contributed by atoms with Crippen molar-refractivity contribution in [2.24, 2.45) is 0 Å². The molecular weight excluding hydrogens is 606 g/mol. The Morgan fingerprint density at radius 3 is 2.54 bits per heavy atom. The van der Waals surface area contributed by atoms with Crippen molar-refractivity contribution in [3.8, 4) is 22.9 Å². The molecule has 1 amide bonds. The molecule has 0 radical (unpaired) electrons. The normalized spacial score (nSPS) is 17.3. The number of hydrogen-bond acceptors (Lipinski definition) is 9. The summed E-state index contributed by atoms with van der Waals surface area (Å²) in [4.78, 5) is 28.1. The lowest BCUT2D eigenvalue weighted by molar-refractivity contribution is 0.0206. The van der Waals surface area contributed by atoms with Crippen LogP contribution in [0.1, 0.15) is 45.6 Å². The first-order chi connectivity index (χ1) is 22.0. The number of hydrogen-bond donors (Lipinski definition) is 2. The molecule has 242 valence electrons. The number of anilines is 2. The molecule has 0 aliphatic carbocycles. The summed E-state index contributed by atoms with van der Waals surface area (Å²) in [6, 6.07) is 14.7. The van der Waals surface area contributed by atoms with Crippen LogP contribution in [0.3, 0.4) is 0 Å². The van der Waals surface area contributed by atoms with Gasteiger partial charge in [-0.1, -0.05) is 24.3 Å². The van der Waals surface area contributed by atoms with Gasteiger partial charge < -0.3 is 19.7 Å². The zero-order valence-corrected chi connectivity index (χ0v) is 27.3. The van der Waals surface area contributed by atoms with Gasteiger partial charge in [-0.3, -0.25) is 4.72 Å². The first kappa shape index (κ1) is 31.5. The number of piperidine rings is 1. The van der Waals surface area contributed by atoms with Gasteiger partial charge in [-0.15, -0.1) is 0 Å². The highest BCUT2D eigenvalue weighted by atomic mass is 32.2. The molecule has 2 aromatic carbocycles. The molecule has 2 aliphatic rings. The van der Waals surface area contributed by atoms with Gasteiger partial charge in [-0.2, -0.15) is 12.7 Å². The number of benzene rings is 2. The fraction of sp³-hybridized carbons (Fsp3) is 0.394. The van der Waals surface area contributed by atoms with Crippen molar-refractivity contribution in [2.75, 3.05) is 36.2 Å². The fourth-order valence-corrected chi connectivity index (χ4v) is 6.83. The van der Waals surface area contributed by atoms with Crippen molar-refractivity contribution in [1.82, 2.24) is 24.2 Å². The Morgan fingerprint density at radius 1 is 0.957 bits per heavy atom. The van der Waals surface area contributed by atoms with Crippen LogP contribution in [0.25, 0.3) is 22.0 Å². The van der Waals surface area contributed by atoms with Crippen LogP contribution >= 0.6 is 0 Å². The molecule has 0 bridgehead atoms. The monoisotopic (exact) mass is 645 g/mol. The average molecular weight is 646 g/mol. The maximum atomic E-state index is 12.9. The third-order valence-corrected chi connectivity index (χ3v) is 9.43. The number of nitrogens with zero attached hydrogens (tertiary/aromatic N) is 5. The van der Waals surface area contributed by atoms with Crippen LogP contribution in [0.2, 0.25) is 0 Å². The van der Waals surface area contributed by atoms with Crippen molar-refractivity contribution in [1.29, 1.82) is 0 Å². The van der Waals surface area contributed by atoms with Crippen LogP contribution in [0.4, 0.5) is 16.4 Å². The summed E-state index contributed by atoms with van der Waals surface area (Å²) < 4.78 is 41.9. The van der Waals surface area contributed by atoms with Gasteiger partial charge in [-0.25, -0.2) is 19.7 Å². The zero-order chi connectivity index (χ0) is 32.5. The third kappa shape index (κ3) is 7.00. The largest absolute Gasteiger partial charge is 0.444 e. The number of pyridine rings is 1. The van der Waals surface area contributed by atoms with Gasteiger partial charge in [0.25, 0.3) is 0 Å². The van der Waals surface area contributed by atoms with E-state index in [0.29, 0.717) is 66.1 Å². The number of nitrogens with one attached hydrogen (secondary N) is 2. The van der Waals surface area contributed by atoms with Gasteiger partial charge >= 0.3 is 16.3 Å². The highest BCUT2D eigenvalue weighted by molar-refractivity contribution is 7.90. The van der Waals surface area contributed by atoms with E-state index in [2.05, 4.69) is 20.0 Å². The van der Waals surface area contributed by atoms with Gasteiger partial charge in [-0.05, 0) is 76.8 Å². The molecule has 4 heterocycles. The summed E-state index contributed by atoms with van der Waals surface area (Å²) >= 11 is 0. The molecule has 2 fully saturated rings. The maximum absolute atomic E-state index is 12.9. The average Bonchev–Trinajstić information content (AvgIpc) is 2.97. The number of carbonyl (C=O) groups is 1. The molecule has 0 unspecified atom stereocenters. The second-order valence-corrected chi connectivity index (χ2v) is 14.3. The number of aromatic nitrogens is 3. The van der Waals surface area contributed by atoms with Crippen LogP contribution in [0.5, 0.6) is 11.6 Å². The molecule has 2 aliphatic heterocycles. The lowest BCUT2D eigenvalue weighted by Gasteiger charge is -2.34. The van der Waals surface area contributed by atoms with E-state index < -0.39 is 15.8 Å². The molecule has 2 saturated heterocycles. The number of carbonyl (C=O) groups excluding carboxylic acids is 1. The second-order valence-electron chi connectivity index (χ2n) is 12.6. The summed E-state index contributed by atoms with van der Waals surface area (Å²) in [6.07, 6.45) is 5.57. The SMILES string of the molecule is Cc1ccc2c(NS(=O)(=O)N3CCC3)cccc2c1Oc1ncccc1-c1ccnc(N[C@H]2CCCN(C(=O)OC(C)(C)C)C2)n1. The number of rotatable bonds is 8. The van der Waals surface area contributed by atoms with E-state index >= 15 is 0 Å². The summed E-state index contributed by atoms with van der Waals surface area (Å²) in [7, 11) is -3.64. The molecule has 6 rings (SSSR count). The van der Waals surface area contributed by atoms with Crippen LogP contribution < -0.4 is 14.8 Å². The van der Waals surface area contributed by atoms with Crippen molar-refractivity contribution in [2.45, 2.75) is 58.6 Å². The number of ether oxygens (including phenoxy) is 2. The second kappa shape index (κ2) is 12.7. The van der Waals surface area contributed by atoms with Crippen LogP contribution in [-0.2, 0) is 14.9 Å². The predicted octanol–water partition coefficient (Wildman–Crippen LogP) is 5.97. The van der Waals surface area contributed by atoms with Gasteiger partial charge in [0.05, 0.1) is 16.9 Å². The molecule has 2 aromatic heterocycles. The molecule has 2 N–H and O–H groups in total. The van der Waals surface area contributed by atoms with E-state index in [1.165, 1.54) is 4.31 Å². The summed E-state index contributed by atoms with van der Waals surface area (Å²) in [5.41, 5.74) is 2.06. The molecule has 46 heavy (non-hydrogen) atoms. The molecule has 0 saturated carbocycles. The van der Waals surface area contributed by atoms with E-state index in [9.17, 15) is 13.2 Å². The Balaban J connectivity index is 1.24. The summed E-state index contributed by atoms with van der Waals surface area (Å²) in [6.45, 7) is 9.67. The maximum Gasteiger partial charge on any atom is 0.410 e. The molecule has 12 nitrogen and oxygen atoms in total. The van der Waals surface area contributed by atoms with Crippen LogP contribution in [-0.4, -0.2) is 76.5 Å². The number of likely N-dealkylation sites (tertiary alicyclic amines) is 1. The standard InChI is InChI=1S/C33H39N7O5S/c1-22-13-14-24-25(10-5-12-28(24)38-46(42,43)40-19-8-20-40)29(22)44-30-26(11-6-16-34-30)27-15-17-35-31(37-27)36-23-9-7-18-39(21-23)32(41)45-33(2,3)4/h5-6,10-17,23,38H,7-9,18-21H2,1-4H3,(H,35,36,37)/t23-/m0/s1. The van der Waals surface area contributed by atoms with Gasteiger partial charge in [0, 0.05) is 55.4 Å². The Bertz CT molecular complexity index is 1860. The van der Waals surface area contributed by atoms with Crippen LogP contribution in [0, 0.1) is 6.92 Å². The quantitative estimate of drug-likeness (QED) is 0.237. The molecule has 13 heteroatoms. The van der Waals surface area contributed by atoms with Crippen LogP contribution in [0.15, 0.2) is 60.9 Å². The van der Waals surface area contributed by atoms with Gasteiger partial charge in [0.2, 0.25) is 11.8 Å². The Kier molecular flexibility index (Phi) is 8.71. The smallest absolute Gasteiger partial charge is 0.410 e. The number of aryl methyl sites for hydroxylation is 1. The Labute approximate surface area is 269 Å². The molecule has 0 spiro atoms. The Morgan fingerprint density at radius 2 is 1.78 bits per heavy atom. The number of amides is 1. The minimum absolute atomic E-state index is 0.0350. The van der Waals surface area contributed by atoms with E-state index in [1.54, 1.807) is 35.5 Å². The topological polar surface area (TPSA) is 139 Å². The van der Waals surface area contributed by atoms with Crippen molar-refractivity contribution < 1.29 is 22.7 Å². The Hall–Kier alpha value is -4.49. The lowest BCUT2D eigenvalue weighted by atomic mass is 10.0. The van der Waals surface area contributed by atoms with Gasteiger partial charge in [0.1, 0.15) is 11.4 Å². The van der Waals surface area contributed by atoms with E-state index in [-0.39, 0.29) is 12.1 Å². The number of fused-ring (bicyclic) bond motifs is 1. The van der Waals surface area contributed by atoms with Crippen molar-refractivity contribution in [3.63, 3.8) is 0 Å². The predicted molar refractivity (Wildman–Crippen MR) is 177 cm³/mol. The van der Waals surface area contributed by atoms with E-state index in [1.807, 2.05) is 58.0 Å². The summed E-state index contributed by atoms with van der Waals surface area (Å²) in [5.74, 6) is 1.35. The molecular formula is C33H39N7O5S. The zero-order valence-electron chi connectivity index (χ0n) is 26.5. The first-order valence-electron chi connectivity index (χ1n) is 15.5. The van der Waals surface area contributed by atoms with E-state index in [4.69, 9.17) is 14.5 Å².